The number of hydrogen-bond acceptors (Lipinski definition) is 2. The van der Waals surface area contributed by atoms with Crippen molar-refractivity contribution >= 4 is 17.6 Å². The lowest BCUT2D eigenvalue weighted by Crippen LogP contribution is -2.25. The minimum Gasteiger partial charge on any atom is -0.283 e. The first-order valence-electron chi connectivity index (χ1n) is 4.71. The Labute approximate surface area is 87.9 Å². The molecule has 77 valence electrons. The molecule has 1 aromatic rings. The highest BCUT2D eigenvalue weighted by atomic mass is 16.2. The predicted molar refractivity (Wildman–Crippen MR) is 55.8 cm³/mol. The van der Waals surface area contributed by atoms with E-state index in [9.17, 15) is 9.59 Å². The summed E-state index contributed by atoms with van der Waals surface area (Å²) in [5.74, 6) is -0.375. The quantitative estimate of drug-likeness (QED) is 0.647. The predicted octanol–water partition coefficient (Wildman–Crippen LogP) is 1.37. The summed E-state index contributed by atoms with van der Waals surface area (Å²) in [7, 11) is 0. The van der Waals surface area contributed by atoms with Gasteiger partial charge in [0.2, 0.25) is 0 Å². The zero-order valence-electron chi connectivity index (χ0n) is 8.65. The van der Waals surface area contributed by atoms with Gasteiger partial charge in [-0.25, -0.2) is 4.79 Å². The Morgan fingerprint density at radius 2 is 2.00 bits per heavy atom. The molecule has 0 atom stereocenters. The molecule has 1 saturated heterocycles. The summed E-state index contributed by atoms with van der Waals surface area (Å²) < 4.78 is 0. The third-order valence-corrected chi connectivity index (χ3v) is 2.39. The van der Waals surface area contributed by atoms with Crippen LogP contribution in [0.3, 0.4) is 0 Å². The van der Waals surface area contributed by atoms with Gasteiger partial charge in [0.15, 0.2) is 0 Å². The van der Waals surface area contributed by atoms with Crippen LogP contribution in [-0.2, 0) is 4.79 Å². The van der Waals surface area contributed by atoms with Crippen LogP contribution in [0.15, 0.2) is 18.2 Å². The Bertz CT molecular complexity index is 440. The number of imide groups is 1. The number of nitrogens with zero attached hydrogens (tertiary/aromatic N) is 2. The van der Waals surface area contributed by atoms with E-state index in [0.717, 1.165) is 16.8 Å². The van der Waals surface area contributed by atoms with E-state index in [1.165, 1.54) is 4.90 Å². The summed E-state index contributed by atoms with van der Waals surface area (Å²) in [5, 5.41) is 3.36. The molecule has 0 N–H and O–H groups in total. The van der Waals surface area contributed by atoms with Gasteiger partial charge in [-0.3, -0.25) is 9.69 Å². The van der Waals surface area contributed by atoms with Gasteiger partial charge in [-0.05, 0) is 25.5 Å². The number of carbonyl (C=O) groups excluding carboxylic acids is 2. The van der Waals surface area contributed by atoms with Crippen LogP contribution in [0.2, 0.25) is 0 Å². The lowest BCUT2D eigenvalue weighted by Gasteiger charge is -2.15. The van der Waals surface area contributed by atoms with Gasteiger partial charge in [0, 0.05) is 5.69 Å². The van der Waals surface area contributed by atoms with E-state index in [1.807, 2.05) is 32.0 Å². The van der Waals surface area contributed by atoms with Gasteiger partial charge in [0.1, 0.15) is 6.54 Å². The first-order chi connectivity index (χ1) is 7.08. The average Bonchev–Trinajstić information content (AvgIpc) is 2.45. The molecule has 1 aliphatic rings. The summed E-state index contributed by atoms with van der Waals surface area (Å²) in [6.07, 6.45) is 0. The maximum Gasteiger partial charge on any atom is 0.351 e. The fourth-order valence-corrected chi connectivity index (χ4v) is 1.70. The second kappa shape index (κ2) is 3.38. The SMILES string of the molecule is Cc1ccc(N2CC(=O)[N]C2=O)c(C)c1. The Balaban J connectivity index is 2.38. The molecule has 0 unspecified atom stereocenters. The van der Waals surface area contributed by atoms with Crippen LogP contribution in [0.4, 0.5) is 10.5 Å². The third kappa shape index (κ3) is 1.70. The molecule has 1 aromatic carbocycles. The standard InChI is InChI=1S/C11H11N2O2/c1-7-3-4-9(8(2)5-7)13-6-10(14)12-11(13)15/h3-5H,6H2,1-2H3. The van der Waals surface area contributed by atoms with Crippen LogP contribution in [0.1, 0.15) is 11.1 Å². The van der Waals surface area contributed by atoms with E-state index in [4.69, 9.17) is 0 Å². The number of aryl methyl sites for hydroxylation is 2. The van der Waals surface area contributed by atoms with E-state index in [0.29, 0.717) is 0 Å². The Hall–Kier alpha value is -1.84. The largest absolute Gasteiger partial charge is 0.351 e. The lowest BCUT2D eigenvalue weighted by molar-refractivity contribution is -0.117. The highest BCUT2D eigenvalue weighted by molar-refractivity contribution is 6.12. The second-order valence-electron chi connectivity index (χ2n) is 3.66. The maximum atomic E-state index is 11.4. The first kappa shape index (κ1) is 9.71. The topological polar surface area (TPSA) is 51.5 Å². The van der Waals surface area contributed by atoms with Gasteiger partial charge >= 0.3 is 6.03 Å². The smallest absolute Gasteiger partial charge is 0.283 e. The van der Waals surface area contributed by atoms with Gasteiger partial charge in [-0.1, -0.05) is 17.7 Å². The van der Waals surface area contributed by atoms with Crippen LogP contribution in [-0.4, -0.2) is 18.5 Å². The summed E-state index contributed by atoms with van der Waals surface area (Å²) in [6.45, 7) is 3.96. The van der Waals surface area contributed by atoms with E-state index in [2.05, 4.69) is 5.32 Å². The highest BCUT2D eigenvalue weighted by Crippen LogP contribution is 2.22. The van der Waals surface area contributed by atoms with Crippen molar-refractivity contribution in [2.24, 2.45) is 0 Å². The van der Waals surface area contributed by atoms with Crippen molar-refractivity contribution in [2.45, 2.75) is 13.8 Å². The van der Waals surface area contributed by atoms with Crippen molar-refractivity contribution in [2.75, 3.05) is 11.4 Å². The van der Waals surface area contributed by atoms with Crippen LogP contribution >= 0.6 is 0 Å². The molecule has 1 heterocycles. The Morgan fingerprint density at radius 1 is 1.27 bits per heavy atom. The third-order valence-electron chi connectivity index (χ3n) is 2.39. The monoisotopic (exact) mass is 203 g/mol. The van der Waals surface area contributed by atoms with Crippen molar-refractivity contribution in [1.82, 2.24) is 5.32 Å². The molecule has 0 aliphatic carbocycles. The Morgan fingerprint density at radius 3 is 2.53 bits per heavy atom. The summed E-state index contributed by atoms with van der Waals surface area (Å²) in [5.41, 5.74) is 2.87. The molecule has 2 rings (SSSR count). The highest BCUT2D eigenvalue weighted by Gasteiger charge is 2.30. The number of urea groups is 1. The minimum atomic E-state index is -0.466. The number of amides is 3. The fraction of sp³-hybridized carbons (Fsp3) is 0.273. The summed E-state index contributed by atoms with van der Waals surface area (Å²) in [6, 6.07) is 5.27. The van der Waals surface area contributed by atoms with Crippen LogP contribution in [0.5, 0.6) is 0 Å². The molecule has 1 aliphatic heterocycles. The summed E-state index contributed by atoms with van der Waals surface area (Å²) in [4.78, 5) is 23.7. The van der Waals surface area contributed by atoms with Gasteiger partial charge in [-0.15, -0.1) is 0 Å². The fourth-order valence-electron chi connectivity index (χ4n) is 1.70. The van der Waals surface area contributed by atoms with Crippen molar-refractivity contribution in [3.05, 3.63) is 29.3 Å². The van der Waals surface area contributed by atoms with E-state index in [1.54, 1.807) is 0 Å². The number of carbonyl (C=O) groups is 2. The molecule has 0 aromatic heterocycles. The number of rotatable bonds is 1. The number of anilines is 1. The lowest BCUT2D eigenvalue weighted by atomic mass is 10.1. The van der Waals surface area contributed by atoms with E-state index >= 15 is 0 Å². The molecule has 0 saturated carbocycles. The normalized spacial score (nSPS) is 15.7. The van der Waals surface area contributed by atoms with Crippen molar-refractivity contribution in [3.63, 3.8) is 0 Å². The van der Waals surface area contributed by atoms with Gasteiger partial charge in [0.05, 0.1) is 0 Å². The summed E-state index contributed by atoms with van der Waals surface area (Å²) >= 11 is 0. The van der Waals surface area contributed by atoms with E-state index in [-0.39, 0.29) is 12.5 Å². The van der Waals surface area contributed by atoms with Gasteiger partial charge in [-0.2, -0.15) is 5.32 Å². The minimum absolute atomic E-state index is 0.0583. The molecule has 1 radical (unpaired) electrons. The molecule has 4 nitrogen and oxygen atoms in total. The zero-order valence-corrected chi connectivity index (χ0v) is 8.65. The van der Waals surface area contributed by atoms with Crippen molar-refractivity contribution in [1.29, 1.82) is 0 Å². The maximum absolute atomic E-state index is 11.4. The molecular formula is C11H11N2O2. The van der Waals surface area contributed by atoms with E-state index < -0.39 is 6.03 Å². The second-order valence-corrected chi connectivity index (χ2v) is 3.66. The average molecular weight is 203 g/mol. The van der Waals surface area contributed by atoms with Crippen molar-refractivity contribution in [3.8, 4) is 0 Å². The van der Waals surface area contributed by atoms with Gasteiger partial charge in [0.25, 0.3) is 5.91 Å². The van der Waals surface area contributed by atoms with Crippen LogP contribution < -0.4 is 10.2 Å². The molecule has 0 spiro atoms. The first-order valence-corrected chi connectivity index (χ1v) is 4.71. The zero-order chi connectivity index (χ0) is 11.0. The van der Waals surface area contributed by atoms with Crippen molar-refractivity contribution < 1.29 is 9.59 Å². The molecule has 15 heavy (non-hydrogen) atoms. The molecule has 0 bridgehead atoms. The molecular weight excluding hydrogens is 192 g/mol. The van der Waals surface area contributed by atoms with Crippen LogP contribution in [0.25, 0.3) is 0 Å². The molecule has 3 amide bonds. The van der Waals surface area contributed by atoms with Gasteiger partial charge < -0.3 is 0 Å². The number of benzene rings is 1. The van der Waals surface area contributed by atoms with Crippen LogP contribution in [0, 0.1) is 13.8 Å². The Kier molecular flexibility index (Phi) is 2.19. The molecule has 4 heteroatoms. The molecule has 1 fully saturated rings. The number of hydrogen-bond donors (Lipinski definition) is 0.